The van der Waals surface area contributed by atoms with Gasteiger partial charge in [-0.15, -0.1) is 0 Å². The molecule has 2 aromatic carbocycles. The van der Waals surface area contributed by atoms with E-state index in [0.717, 1.165) is 92.7 Å². The number of carbonyl (C=O) groups is 2. The van der Waals surface area contributed by atoms with E-state index in [1.54, 1.807) is 27.2 Å². The Morgan fingerprint density at radius 1 is 0.620 bits per heavy atom. The molecule has 1 amide bonds. The molecule has 0 saturated heterocycles. The number of anilines is 4. The Bertz CT molecular complexity index is 4130. The maximum absolute atomic E-state index is 12.1. The van der Waals surface area contributed by atoms with Crippen LogP contribution >= 0.6 is 0 Å². The first kappa shape index (κ1) is 51.8. The molecule has 12 rings (SSSR count). The van der Waals surface area contributed by atoms with Crippen LogP contribution in [0.1, 0.15) is 49.2 Å². The average molecular weight is 1050 g/mol. The van der Waals surface area contributed by atoms with Crippen molar-refractivity contribution in [2.75, 3.05) is 36.8 Å². The summed E-state index contributed by atoms with van der Waals surface area (Å²) < 4.78 is 15.6. The number of benzene rings is 2. The average Bonchev–Trinajstić information content (AvgIpc) is 4.16. The molecule has 0 saturated carbocycles. The summed E-state index contributed by atoms with van der Waals surface area (Å²) in [5.41, 5.74) is 12.2. The number of amides is 1. The quantitative estimate of drug-likeness (QED) is 0.0933. The smallest absolute Gasteiger partial charge is 0.381 e. The van der Waals surface area contributed by atoms with Crippen LogP contribution in [0.3, 0.4) is 0 Å². The van der Waals surface area contributed by atoms with E-state index in [-0.39, 0.29) is 5.91 Å². The highest BCUT2D eigenvalue weighted by Gasteiger charge is 2.19. The fourth-order valence-electron chi connectivity index (χ4n) is 8.59. The summed E-state index contributed by atoms with van der Waals surface area (Å²) in [7, 11) is 0. The van der Waals surface area contributed by atoms with E-state index < -0.39 is 5.97 Å². The van der Waals surface area contributed by atoms with Gasteiger partial charge in [0.2, 0.25) is 0 Å². The van der Waals surface area contributed by atoms with Gasteiger partial charge in [0.1, 0.15) is 59.3 Å². The molecule has 392 valence electrons. The molecule has 0 atom stereocenters. The SMILES string of the molecule is CC#CC(=O)N1CC=C(c2ccc3ncnc(Nc4ccc(Oc5ccn6ncnc6c5)c(C)c4)c3n2)CC1.CC#CC(=O)O.Cc1cc(Nc2ncnc3ccc(C4=CCNCC4)nc23)ccc1Oc1ccn2ncnc2c1. The minimum atomic E-state index is -1.07. The van der Waals surface area contributed by atoms with Gasteiger partial charge in [-0.2, -0.15) is 10.2 Å². The first-order valence-corrected chi connectivity index (χ1v) is 25.0. The van der Waals surface area contributed by atoms with Crippen molar-refractivity contribution in [1.82, 2.24) is 69.3 Å². The van der Waals surface area contributed by atoms with Crippen LogP contribution in [-0.4, -0.2) is 107 Å². The molecule has 2 aliphatic rings. The highest BCUT2D eigenvalue weighted by atomic mass is 16.5. The highest BCUT2D eigenvalue weighted by Crippen LogP contribution is 2.33. The monoisotopic (exact) mass is 1050 g/mol. The second-order valence-corrected chi connectivity index (χ2v) is 17.8. The summed E-state index contributed by atoms with van der Waals surface area (Å²) in [6.45, 7) is 10.1. The Hall–Kier alpha value is -10.6. The first-order valence-electron chi connectivity index (χ1n) is 25.0. The van der Waals surface area contributed by atoms with Gasteiger partial charge in [-0.05, 0) is 148 Å². The maximum atomic E-state index is 12.1. The summed E-state index contributed by atoms with van der Waals surface area (Å²) in [6.07, 6.45) is 15.6. The van der Waals surface area contributed by atoms with Gasteiger partial charge in [-0.1, -0.05) is 24.0 Å². The number of fused-ring (bicyclic) bond motifs is 4. The lowest BCUT2D eigenvalue weighted by atomic mass is 10.0. The Morgan fingerprint density at radius 2 is 1.16 bits per heavy atom. The molecule has 0 unspecified atom stereocenters. The number of carboxylic acids is 1. The fraction of sp³-hybridized carbons (Fsp3) is 0.172. The number of carboxylic acid groups (broad SMARTS) is 1. The van der Waals surface area contributed by atoms with Gasteiger partial charge in [-0.25, -0.2) is 53.7 Å². The van der Waals surface area contributed by atoms with Crippen LogP contribution in [0.2, 0.25) is 0 Å². The zero-order chi connectivity index (χ0) is 54.7. The lowest BCUT2D eigenvalue weighted by molar-refractivity contribution is -0.130. The molecular formula is C58H50N16O5. The predicted molar refractivity (Wildman–Crippen MR) is 299 cm³/mol. The Labute approximate surface area is 452 Å². The minimum Gasteiger partial charge on any atom is -0.472 e. The number of aliphatic carboxylic acids is 1. The summed E-state index contributed by atoms with van der Waals surface area (Å²) >= 11 is 0. The van der Waals surface area contributed by atoms with Crippen LogP contribution in [0.5, 0.6) is 23.0 Å². The standard InChI is InChI=1S/C29H24N8O2.C25H22N8O.C4H4O2/c1-3-4-27(38)36-12-9-20(10-13-36)23-6-7-24-28(35-23)29(32-17-30-24)34-21-5-8-25(19(2)15-21)39-22-11-14-37-26(16-22)31-18-33-37;1-16-12-18(2-5-22(16)34-19-8-11-33-23(13-19)28-15-30-33)31-25-24-21(27-14-29-25)4-3-20(32-24)17-6-9-26-10-7-17;1-2-3-4(5)6/h5-9,11,14-18H,10,12-13H2,1-2H3,(H,30,32,34);2-6,8,11-15,26H,7,9-10H2,1H3,(H,27,29,31);1H3,(H,5,6). The zero-order valence-electron chi connectivity index (χ0n) is 43.3. The van der Waals surface area contributed by atoms with Crippen molar-refractivity contribution >= 4 is 79.4 Å². The number of nitrogens with zero attached hydrogens (tertiary/aromatic N) is 13. The predicted octanol–water partition coefficient (Wildman–Crippen LogP) is 8.93. The molecule has 8 aromatic heterocycles. The fourth-order valence-corrected chi connectivity index (χ4v) is 8.59. The molecule has 0 aliphatic carbocycles. The van der Waals surface area contributed by atoms with Crippen LogP contribution in [0.15, 0.2) is 135 Å². The molecule has 79 heavy (non-hydrogen) atoms. The number of aromatic nitrogens is 12. The number of ether oxygens (including phenoxy) is 2. The third kappa shape index (κ3) is 12.6. The third-order valence-corrected chi connectivity index (χ3v) is 12.5. The molecule has 0 bridgehead atoms. The zero-order valence-corrected chi connectivity index (χ0v) is 43.3. The normalized spacial score (nSPS) is 12.8. The van der Waals surface area contributed by atoms with Gasteiger partial charge in [0.25, 0.3) is 5.91 Å². The Morgan fingerprint density at radius 3 is 1.62 bits per heavy atom. The largest absolute Gasteiger partial charge is 0.472 e. The van der Waals surface area contributed by atoms with Gasteiger partial charge >= 0.3 is 5.97 Å². The summed E-state index contributed by atoms with van der Waals surface area (Å²) in [5, 5.41) is 26.1. The van der Waals surface area contributed by atoms with Crippen molar-refractivity contribution in [2.24, 2.45) is 0 Å². The van der Waals surface area contributed by atoms with Crippen LogP contribution in [-0.2, 0) is 9.59 Å². The summed E-state index contributed by atoms with van der Waals surface area (Å²) in [4.78, 5) is 59.1. The van der Waals surface area contributed by atoms with Crippen LogP contribution in [0.4, 0.5) is 23.0 Å². The van der Waals surface area contributed by atoms with Crippen LogP contribution < -0.4 is 25.4 Å². The van der Waals surface area contributed by atoms with Gasteiger partial charge in [0, 0.05) is 61.5 Å². The number of rotatable bonds is 10. The first-order chi connectivity index (χ1) is 38.6. The maximum Gasteiger partial charge on any atom is 0.381 e. The Balaban J connectivity index is 0.000000163. The van der Waals surface area contributed by atoms with Crippen molar-refractivity contribution in [3.63, 3.8) is 0 Å². The van der Waals surface area contributed by atoms with Crippen molar-refractivity contribution in [3.05, 3.63) is 157 Å². The lowest BCUT2D eigenvalue weighted by Crippen LogP contribution is -2.33. The van der Waals surface area contributed by atoms with Crippen LogP contribution in [0.25, 0.3) is 44.5 Å². The van der Waals surface area contributed by atoms with E-state index in [9.17, 15) is 9.59 Å². The lowest BCUT2D eigenvalue weighted by Gasteiger charge is -2.24. The number of pyridine rings is 4. The second-order valence-electron chi connectivity index (χ2n) is 17.8. The molecule has 0 radical (unpaired) electrons. The molecule has 10 heterocycles. The molecular weight excluding hydrogens is 1000 g/mol. The summed E-state index contributed by atoms with van der Waals surface area (Å²) in [6, 6.07) is 27.1. The molecule has 2 aliphatic heterocycles. The number of aryl methyl sites for hydroxylation is 2. The number of carbonyl (C=O) groups excluding carboxylic acids is 1. The number of hydrogen-bond donors (Lipinski definition) is 4. The van der Waals surface area contributed by atoms with Crippen molar-refractivity contribution in [1.29, 1.82) is 0 Å². The molecule has 0 spiro atoms. The molecule has 0 fully saturated rings. The van der Waals surface area contributed by atoms with E-state index in [0.29, 0.717) is 53.8 Å². The second kappa shape index (κ2) is 23.9. The molecule has 21 nitrogen and oxygen atoms in total. The minimum absolute atomic E-state index is 0.151. The van der Waals surface area contributed by atoms with Crippen LogP contribution in [0, 0.1) is 37.5 Å². The molecule has 4 N–H and O–H groups in total. The van der Waals surface area contributed by atoms with Gasteiger partial charge in [-0.3, -0.25) is 4.79 Å². The number of hydrogen-bond acceptors (Lipinski definition) is 17. The van der Waals surface area contributed by atoms with Gasteiger partial charge in [0.15, 0.2) is 22.9 Å². The van der Waals surface area contributed by atoms with E-state index in [4.69, 9.17) is 24.5 Å². The van der Waals surface area contributed by atoms with E-state index in [2.05, 4.69) is 79.9 Å². The number of nitrogens with one attached hydrogen (secondary N) is 3. The van der Waals surface area contributed by atoms with E-state index in [1.165, 1.54) is 31.5 Å². The topological polar surface area (TPSA) is 250 Å². The summed E-state index contributed by atoms with van der Waals surface area (Å²) in [5.74, 6) is 12.3. The third-order valence-electron chi connectivity index (χ3n) is 12.5. The van der Waals surface area contributed by atoms with Crippen molar-refractivity contribution in [2.45, 2.75) is 40.5 Å². The molecule has 10 aromatic rings. The van der Waals surface area contributed by atoms with E-state index in [1.807, 2.05) is 123 Å². The van der Waals surface area contributed by atoms with E-state index >= 15 is 0 Å². The van der Waals surface area contributed by atoms with Crippen molar-refractivity contribution in [3.8, 4) is 46.7 Å². The van der Waals surface area contributed by atoms with Gasteiger partial charge in [0.05, 0.1) is 22.4 Å². The molecule has 21 heteroatoms. The Kier molecular flexibility index (Phi) is 15.7. The van der Waals surface area contributed by atoms with Crippen molar-refractivity contribution < 1.29 is 24.2 Å². The van der Waals surface area contributed by atoms with Gasteiger partial charge < -0.3 is 35.4 Å². The highest BCUT2D eigenvalue weighted by molar-refractivity contribution is 5.94.